The molecule has 2 aliphatic carbocycles. The first kappa shape index (κ1) is 24.9. The first-order chi connectivity index (χ1) is 17.3. The molecule has 0 bridgehead atoms. The first-order valence-electron chi connectivity index (χ1n) is 12.6. The normalized spacial score (nSPS) is 30.9. The van der Waals surface area contributed by atoms with Gasteiger partial charge in [0, 0.05) is 23.8 Å². The van der Waals surface area contributed by atoms with E-state index in [1.54, 1.807) is 19.2 Å². The van der Waals surface area contributed by atoms with Crippen LogP contribution in [0.3, 0.4) is 0 Å². The van der Waals surface area contributed by atoms with Crippen molar-refractivity contribution in [3.05, 3.63) is 60.2 Å². The Morgan fingerprint density at radius 2 is 2.06 bits per heavy atom. The van der Waals surface area contributed by atoms with Crippen LogP contribution in [0.1, 0.15) is 38.3 Å². The van der Waals surface area contributed by atoms with Gasteiger partial charge in [0.1, 0.15) is 5.82 Å². The highest BCUT2D eigenvalue weighted by atomic mass is 32.2. The van der Waals surface area contributed by atoms with Crippen molar-refractivity contribution >= 4 is 22.2 Å². The zero-order valence-corrected chi connectivity index (χ0v) is 21.1. The maximum Gasteiger partial charge on any atom is 0.407 e. The Hall–Kier alpha value is -2.78. The van der Waals surface area contributed by atoms with E-state index in [4.69, 9.17) is 4.74 Å². The number of nitrogens with zero attached hydrogens (tertiary/aromatic N) is 1. The minimum atomic E-state index is -3.29. The molecule has 36 heavy (non-hydrogen) atoms. The van der Waals surface area contributed by atoms with Crippen molar-refractivity contribution in [3.8, 4) is 11.1 Å². The van der Waals surface area contributed by atoms with Crippen molar-refractivity contribution in [3.63, 3.8) is 0 Å². The van der Waals surface area contributed by atoms with Crippen LogP contribution >= 0.6 is 0 Å². The number of benzene rings is 1. The van der Waals surface area contributed by atoms with Crippen LogP contribution in [0.2, 0.25) is 0 Å². The predicted molar refractivity (Wildman–Crippen MR) is 136 cm³/mol. The van der Waals surface area contributed by atoms with Crippen molar-refractivity contribution in [1.82, 2.24) is 15.0 Å². The van der Waals surface area contributed by atoms with Gasteiger partial charge in [0.15, 0.2) is 0 Å². The number of carbonyl (C=O) groups excluding carboxylic acids is 1. The van der Waals surface area contributed by atoms with Gasteiger partial charge in [-0.3, -0.25) is 4.98 Å². The van der Waals surface area contributed by atoms with Crippen LogP contribution in [0.4, 0.5) is 9.18 Å². The maximum atomic E-state index is 13.6. The fraction of sp³-hybridized carbons (Fsp3) is 0.481. The molecule has 2 aromatic rings. The number of alkyl carbamates (subject to hydrolysis) is 1. The van der Waals surface area contributed by atoms with Gasteiger partial charge < -0.3 is 10.1 Å². The third-order valence-electron chi connectivity index (χ3n) is 7.88. The number of hydrogen-bond donors (Lipinski definition) is 2. The van der Waals surface area contributed by atoms with E-state index in [1.807, 2.05) is 24.3 Å². The van der Waals surface area contributed by atoms with Crippen molar-refractivity contribution in [2.45, 2.75) is 44.7 Å². The number of fused-ring (bicyclic) bond motifs is 2. The minimum absolute atomic E-state index is 0.0219. The van der Waals surface area contributed by atoms with Gasteiger partial charge in [-0.05, 0) is 86.1 Å². The lowest BCUT2D eigenvalue weighted by atomic mass is 9.59. The number of carbonyl (C=O) groups is 1. The summed E-state index contributed by atoms with van der Waals surface area (Å²) >= 11 is 0. The van der Waals surface area contributed by atoms with Gasteiger partial charge >= 0.3 is 6.09 Å². The number of aromatic nitrogens is 1. The van der Waals surface area contributed by atoms with Crippen molar-refractivity contribution < 1.29 is 22.3 Å². The molecule has 7 nitrogen and oxygen atoms in total. The minimum Gasteiger partial charge on any atom is -0.450 e. The van der Waals surface area contributed by atoms with E-state index >= 15 is 0 Å². The van der Waals surface area contributed by atoms with Crippen LogP contribution in [0.5, 0.6) is 0 Å². The molecule has 2 N–H and O–H groups in total. The molecule has 2 heterocycles. The van der Waals surface area contributed by atoms with Crippen LogP contribution in [-0.2, 0) is 14.8 Å². The van der Waals surface area contributed by atoms with Crippen molar-refractivity contribution in [1.29, 1.82) is 0 Å². The molecular weight excluding hydrogens is 481 g/mol. The SMILES string of the molecule is CCOC(=O)N[C@H]1CC[C@@H]2[C@@H](C1)C[C@@H]1NS(=O)(=O)C[C@@H]1[C@H]2/C=C/c1ccc(-c2cccc(F)c2)cn1. The smallest absolute Gasteiger partial charge is 0.407 e. The Morgan fingerprint density at radius 1 is 1.19 bits per heavy atom. The average Bonchev–Trinajstić information content (AvgIpc) is 3.15. The summed E-state index contributed by atoms with van der Waals surface area (Å²) in [6.07, 6.45) is 8.84. The number of hydrogen-bond acceptors (Lipinski definition) is 5. The molecule has 6 atom stereocenters. The van der Waals surface area contributed by atoms with Gasteiger partial charge in [0.2, 0.25) is 10.0 Å². The molecule has 1 aromatic carbocycles. The highest BCUT2D eigenvalue weighted by Crippen LogP contribution is 2.49. The molecule has 1 saturated heterocycles. The molecular formula is C27H32FN3O4S. The molecule has 5 rings (SSSR count). The van der Waals surface area contributed by atoms with Gasteiger partial charge in [0.05, 0.1) is 18.1 Å². The topological polar surface area (TPSA) is 97.4 Å². The molecule has 2 saturated carbocycles. The number of allylic oxidation sites excluding steroid dienone is 1. The zero-order valence-electron chi connectivity index (χ0n) is 20.3. The van der Waals surface area contributed by atoms with E-state index in [0.717, 1.165) is 42.5 Å². The molecule has 192 valence electrons. The summed E-state index contributed by atoms with van der Waals surface area (Å²) in [5.41, 5.74) is 2.38. The van der Waals surface area contributed by atoms with E-state index in [1.165, 1.54) is 12.1 Å². The van der Waals surface area contributed by atoms with Crippen molar-refractivity contribution in [2.75, 3.05) is 12.4 Å². The molecule has 0 unspecified atom stereocenters. The number of amides is 1. The highest BCUT2D eigenvalue weighted by molar-refractivity contribution is 7.89. The number of halogens is 1. The maximum absolute atomic E-state index is 13.6. The number of nitrogens with one attached hydrogen (secondary N) is 2. The summed E-state index contributed by atoms with van der Waals surface area (Å²) in [6, 6.07) is 10.2. The van der Waals surface area contributed by atoms with Crippen molar-refractivity contribution in [2.24, 2.45) is 23.7 Å². The Kier molecular flexibility index (Phi) is 7.12. The molecule has 0 spiro atoms. The summed E-state index contributed by atoms with van der Waals surface area (Å²) in [5, 5.41) is 2.97. The van der Waals surface area contributed by atoms with Gasteiger partial charge in [-0.2, -0.15) is 0 Å². The quantitative estimate of drug-likeness (QED) is 0.619. The molecule has 3 fully saturated rings. The standard InChI is InChI=1S/C27H32FN3O4S/c1-2-35-27(32)30-22-9-10-23-19(13-22)14-26-25(16-36(33,34)31-26)24(23)11-8-21-7-6-18(15-29-21)17-4-3-5-20(28)12-17/h3-8,11-12,15,19,22-26,31H,2,9-10,13-14,16H2,1H3,(H,30,32)/b11-8+/t19-,22-,23+,24-,25+,26-/m0/s1. The molecule has 3 aliphatic rings. The van der Waals surface area contributed by atoms with Crippen LogP contribution in [0.25, 0.3) is 17.2 Å². The van der Waals surface area contributed by atoms with Crippen LogP contribution < -0.4 is 10.0 Å². The van der Waals surface area contributed by atoms with Crippen LogP contribution in [0, 0.1) is 29.5 Å². The van der Waals surface area contributed by atoms with E-state index in [2.05, 4.69) is 21.1 Å². The van der Waals surface area contributed by atoms with E-state index in [9.17, 15) is 17.6 Å². The molecule has 9 heteroatoms. The summed E-state index contributed by atoms with van der Waals surface area (Å²) in [4.78, 5) is 16.5. The van der Waals surface area contributed by atoms with Gasteiger partial charge in [0.25, 0.3) is 0 Å². The summed E-state index contributed by atoms with van der Waals surface area (Å²) in [5.74, 6) is 0.646. The summed E-state index contributed by atoms with van der Waals surface area (Å²) in [6.45, 7) is 2.12. The average molecular weight is 514 g/mol. The molecule has 0 radical (unpaired) electrons. The highest BCUT2D eigenvalue weighted by Gasteiger charge is 2.51. The largest absolute Gasteiger partial charge is 0.450 e. The Morgan fingerprint density at radius 3 is 2.81 bits per heavy atom. The second-order valence-electron chi connectivity index (χ2n) is 10.1. The number of rotatable bonds is 5. The molecule has 1 aliphatic heterocycles. The Labute approximate surface area is 211 Å². The lowest BCUT2D eigenvalue weighted by Crippen LogP contribution is -2.50. The number of ether oxygens (including phenoxy) is 1. The number of sulfonamides is 1. The van der Waals surface area contributed by atoms with Gasteiger partial charge in [-0.1, -0.05) is 24.3 Å². The van der Waals surface area contributed by atoms with E-state index in [-0.39, 0.29) is 41.6 Å². The fourth-order valence-electron chi connectivity index (χ4n) is 6.36. The third-order valence-corrected chi connectivity index (χ3v) is 9.36. The Bertz CT molecular complexity index is 1230. The van der Waals surface area contributed by atoms with E-state index < -0.39 is 10.0 Å². The summed E-state index contributed by atoms with van der Waals surface area (Å²) in [7, 11) is -3.29. The Balaban J connectivity index is 1.33. The lowest BCUT2D eigenvalue weighted by molar-refractivity contribution is 0.0606. The van der Waals surface area contributed by atoms with Crippen LogP contribution in [0.15, 0.2) is 48.7 Å². The lowest BCUT2D eigenvalue weighted by Gasteiger charge is -2.47. The fourth-order valence-corrected chi connectivity index (χ4v) is 8.14. The second kappa shape index (κ2) is 10.3. The molecule has 1 aromatic heterocycles. The van der Waals surface area contributed by atoms with Gasteiger partial charge in [-0.15, -0.1) is 0 Å². The third kappa shape index (κ3) is 5.47. The monoisotopic (exact) mass is 513 g/mol. The molecule has 1 amide bonds. The number of pyridine rings is 1. The second-order valence-corrected chi connectivity index (χ2v) is 11.9. The van der Waals surface area contributed by atoms with Gasteiger partial charge in [-0.25, -0.2) is 22.3 Å². The van der Waals surface area contributed by atoms with Crippen LogP contribution in [-0.4, -0.2) is 43.9 Å². The van der Waals surface area contributed by atoms with E-state index in [0.29, 0.717) is 18.4 Å². The zero-order chi connectivity index (χ0) is 25.3. The first-order valence-corrected chi connectivity index (χ1v) is 14.3. The predicted octanol–water partition coefficient (Wildman–Crippen LogP) is 4.37. The summed E-state index contributed by atoms with van der Waals surface area (Å²) < 4.78 is 46.4.